The number of carbonyl (C=O) groups is 2. The van der Waals surface area contributed by atoms with Crippen LogP contribution in [0.1, 0.15) is 78.9 Å². The number of alkyl halides is 3. The maximum Gasteiger partial charge on any atom is 0.416 e. The molecular weight excluding hydrogens is 537 g/mol. The molecule has 0 bridgehead atoms. The number of fused-ring (bicyclic) bond motifs is 1. The van der Waals surface area contributed by atoms with E-state index >= 15 is 0 Å². The summed E-state index contributed by atoms with van der Waals surface area (Å²) in [4.78, 5) is 29.9. The lowest BCUT2D eigenvalue weighted by molar-refractivity contribution is -0.153. The Morgan fingerprint density at radius 3 is 2.59 bits per heavy atom. The molecule has 10 heteroatoms. The summed E-state index contributed by atoms with van der Waals surface area (Å²) in [7, 11) is 0. The first-order valence-corrected chi connectivity index (χ1v) is 14.3. The zero-order valence-electron chi connectivity index (χ0n) is 23.5. The SMILES string of the molecule is CCOC(=O)c1cccc(C2CCN([C@@H]3CC[C@@](C(=O)N4COc5ccc(C(F)(F)F)cc5C4)([C@H](C)O)C3)CC2)c1. The first-order valence-electron chi connectivity index (χ1n) is 14.3. The molecule has 3 aliphatic rings. The fraction of sp³-hybridized carbons (Fsp3) is 0.548. The zero-order valence-corrected chi connectivity index (χ0v) is 23.5. The number of hydrogen-bond acceptors (Lipinski definition) is 6. The average Bonchev–Trinajstić information content (AvgIpc) is 3.43. The van der Waals surface area contributed by atoms with Crippen LogP contribution in [0.15, 0.2) is 42.5 Å². The Kier molecular flexibility index (Phi) is 8.34. The Bertz CT molecular complexity index is 1270. The lowest BCUT2D eigenvalue weighted by atomic mass is 9.79. The van der Waals surface area contributed by atoms with Crippen molar-refractivity contribution < 1.29 is 37.3 Å². The topological polar surface area (TPSA) is 79.3 Å². The number of aliphatic hydroxyl groups is 1. The summed E-state index contributed by atoms with van der Waals surface area (Å²) in [6, 6.07) is 11.1. The van der Waals surface area contributed by atoms with Gasteiger partial charge in [0.15, 0.2) is 6.73 Å². The molecule has 2 fully saturated rings. The van der Waals surface area contributed by atoms with E-state index in [0.29, 0.717) is 42.2 Å². The molecule has 0 aromatic heterocycles. The summed E-state index contributed by atoms with van der Waals surface area (Å²) in [6.45, 7) is 5.36. The molecular formula is C31H37F3N2O5. The number of halogens is 3. The van der Waals surface area contributed by atoms with Crippen molar-refractivity contribution in [1.82, 2.24) is 9.80 Å². The smallest absolute Gasteiger partial charge is 0.416 e. The molecule has 2 aliphatic heterocycles. The molecule has 1 amide bonds. The largest absolute Gasteiger partial charge is 0.473 e. The molecule has 2 aromatic carbocycles. The van der Waals surface area contributed by atoms with Crippen LogP contribution in [0.25, 0.3) is 0 Å². The van der Waals surface area contributed by atoms with Crippen molar-refractivity contribution in [2.75, 3.05) is 26.4 Å². The van der Waals surface area contributed by atoms with Gasteiger partial charge in [0.05, 0.1) is 35.8 Å². The number of carbonyl (C=O) groups excluding carboxylic acids is 2. The predicted molar refractivity (Wildman–Crippen MR) is 145 cm³/mol. The molecule has 1 aliphatic carbocycles. The summed E-state index contributed by atoms with van der Waals surface area (Å²) in [5.74, 6) is 0.0643. The van der Waals surface area contributed by atoms with E-state index in [1.807, 2.05) is 18.2 Å². The van der Waals surface area contributed by atoms with Gasteiger partial charge in [-0.2, -0.15) is 13.2 Å². The standard InChI is InChI=1S/C31H37F3N2O5/c1-3-40-28(38)23-6-4-5-22(15-23)21-10-13-35(14-11-21)26-9-12-30(17-26,20(2)37)29(39)36-18-24-16-25(31(32,33)34)7-8-27(24)41-19-36/h4-8,15-16,20-21,26,37H,3,9-14,17-19H2,1-2H3/t20-,26+,30-/m0/s1. The van der Waals surface area contributed by atoms with E-state index in [-0.39, 0.29) is 31.2 Å². The fourth-order valence-electron chi connectivity index (χ4n) is 6.71. The van der Waals surface area contributed by atoms with Gasteiger partial charge in [-0.1, -0.05) is 12.1 Å². The molecule has 5 rings (SSSR count). The van der Waals surface area contributed by atoms with Gasteiger partial charge in [-0.25, -0.2) is 4.79 Å². The van der Waals surface area contributed by atoms with Gasteiger partial charge in [0, 0.05) is 11.6 Å². The molecule has 1 N–H and O–H groups in total. The number of amides is 1. The van der Waals surface area contributed by atoms with Crippen LogP contribution in [-0.4, -0.2) is 65.4 Å². The van der Waals surface area contributed by atoms with Gasteiger partial charge in [0.1, 0.15) is 5.75 Å². The van der Waals surface area contributed by atoms with Gasteiger partial charge in [-0.05, 0) is 101 Å². The van der Waals surface area contributed by atoms with Crippen molar-refractivity contribution in [2.45, 2.75) is 76.7 Å². The van der Waals surface area contributed by atoms with Gasteiger partial charge in [-0.3, -0.25) is 4.79 Å². The number of nitrogens with zero attached hydrogens (tertiary/aromatic N) is 2. The normalized spacial score (nSPS) is 24.4. The minimum absolute atomic E-state index is 0.00742. The second-order valence-corrected chi connectivity index (χ2v) is 11.5. The minimum atomic E-state index is -4.49. The highest BCUT2D eigenvalue weighted by Crippen LogP contribution is 2.47. The van der Waals surface area contributed by atoms with Gasteiger partial charge in [-0.15, -0.1) is 0 Å². The predicted octanol–water partition coefficient (Wildman–Crippen LogP) is 5.36. The molecule has 0 unspecified atom stereocenters. The number of aliphatic hydroxyl groups excluding tert-OH is 1. The van der Waals surface area contributed by atoms with E-state index in [9.17, 15) is 27.9 Å². The van der Waals surface area contributed by atoms with Crippen molar-refractivity contribution >= 4 is 11.9 Å². The molecule has 222 valence electrons. The average molecular weight is 575 g/mol. The maximum atomic E-state index is 13.9. The number of rotatable bonds is 6. The summed E-state index contributed by atoms with van der Waals surface area (Å²) in [5, 5.41) is 10.9. The Morgan fingerprint density at radius 2 is 1.90 bits per heavy atom. The first kappa shape index (κ1) is 29.4. The minimum Gasteiger partial charge on any atom is -0.473 e. The molecule has 3 atom stereocenters. The van der Waals surface area contributed by atoms with Gasteiger partial charge in [0.25, 0.3) is 0 Å². The van der Waals surface area contributed by atoms with Crippen LogP contribution in [0.2, 0.25) is 0 Å². The van der Waals surface area contributed by atoms with E-state index in [2.05, 4.69) is 4.90 Å². The van der Waals surface area contributed by atoms with E-state index in [1.165, 1.54) is 11.0 Å². The van der Waals surface area contributed by atoms with E-state index in [0.717, 1.165) is 50.0 Å². The van der Waals surface area contributed by atoms with Crippen molar-refractivity contribution in [1.29, 1.82) is 0 Å². The number of esters is 1. The summed E-state index contributed by atoms with van der Waals surface area (Å²) in [5.41, 5.74) is 0.189. The number of piperidine rings is 1. The van der Waals surface area contributed by atoms with Crippen LogP contribution in [-0.2, 0) is 22.3 Å². The zero-order chi connectivity index (χ0) is 29.4. The molecule has 0 spiro atoms. The maximum absolute atomic E-state index is 13.9. The Balaban J connectivity index is 1.23. The molecule has 0 radical (unpaired) electrons. The third-order valence-electron chi connectivity index (χ3n) is 9.08. The van der Waals surface area contributed by atoms with Crippen molar-refractivity contribution in [2.24, 2.45) is 5.41 Å². The Labute approximate surface area is 238 Å². The summed E-state index contributed by atoms with van der Waals surface area (Å²) in [6.07, 6.45) is -1.83. The number of likely N-dealkylation sites (tertiary alicyclic amines) is 1. The van der Waals surface area contributed by atoms with Crippen molar-refractivity contribution in [3.8, 4) is 5.75 Å². The lowest BCUT2D eigenvalue weighted by Crippen LogP contribution is -2.51. The lowest BCUT2D eigenvalue weighted by Gasteiger charge is -2.40. The van der Waals surface area contributed by atoms with Gasteiger partial charge in [0.2, 0.25) is 5.91 Å². The molecule has 2 heterocycles. The van der Waals surface area contributed by atoms with E-state index < -0.39 is 23.3 Å². The van der Waals surface area contributed by atoms with Crippen LogP contribution in [0.5, 0.6) is 5.75 Å². The molecule has 1 saturated carbocycles. The van der Waals surface area contributed by atoms with E-state index in [4.69, 9.17) is 9.47 Å². The molecule has 1 saturated heterocycles. The number of ether oxygens (including phenoxy) is 2. The van der Waals surface area contributed by atoms with Crippen molar-refractivity contribution in [3.63, 3.8) is 0 Å². The number of benzene rings is 2. The third kappa shape index (κ3) is 5.95. The molecule has 7 nitrogen and oxygen atoms in total. The van der Waals surface area contributed by atoms with Crippen LogP contribution >= 0.6 is 0 Å². The quantitative estimate of drug-likeness (QED) is 0.468. The van der Waals surface area contributed by atoms with Crippen molar-refractivity contribution in [3.05, 3.63) is 64.7 Å². The van der Waals surface area contributed by atoms with Crippen LogP contribution in [0.4, 0.5) is 13.2 Å². The summed E-state index contributed by atoms with van der Waals surface area (Å²) < 4.78 is 50.6. The highest BCUT2D eigenvalue weighted by atomic mass is 19.4. The highest BCUT2D eigenvalue weighted by Gasteiger charge is 2.52. The molecule has 41 heavy (non-hydrogen) atoms. The first-order chi connectivity index (χ1) is 19.5. The fourth-order valence-corrected chi connectivity index (χ4v) is 6.71. The van der Waals surface area contributed by atoms with Crippen LogP contribution in [0.3, 0.4) is 0 Å². The molecule has 2 aromatic rings. The van der Waals surface area contributed by atoms with Crippen LogP contribution < -0.4 is 4.74 Å². The summed E-state index contributed by atoms with van der Waals surface area (Å²) >= 11 is 0. The monoisotopic (exact) mass is 574 g/mol. The van der Waals surface area contributed by atoms with E-state index in [1.54, 1.807) is 19.9 Å². The Morgan fingerprint density at radius 1 is 1.15 bits per heavy atom. The number of hydrogen-bond donors (Lipinski definition) is 1. The highest BCUT2D eigenvalue weighted by molar-refractivity contribution is 5.89. The second kappa shape index (κ2) is 11.6. The van der Waals surface area contributed by atoms with Gasteiger partial charge < -0.3 is 24.4 Å². The van der Waals surface area contributed by atoms with Crippen LogP contribution in [0, 0.1) is 5.41 Å². The second-order valence-electron chi connectivity index (χ2n) is 11.5. The van der Waals surface area contributed by atoms with Gasteiger partial charge >= 0.3 is 12.1 Å². The Hall–Kier alpha value is -3.11. The third-order valence-corrected chi connectivity index (χ3v) is 9.08.